The minimum atomic E-state index is -1.95. The molecule has 98 valence electrons. The summed E-state index contributed by atoms with van der Waals surface area (Å²) in [6.07, 6.45) is 1.20. The molecule has 2 nitrogen and oxygen atoms in total. The van der Waals surface area contributed by atoms with Gasteiger partial charge < -0.3 is 0 Å². The van der Waals surface area contributed by atoms with Crippen LogP contribution >= 0.6 is 0 Å². The Bertz CT molecular complexity index is 436. The molecule has 0 bridgehead atoms. The summed E-state index contributed by atoms with van der Waals surface area (Å²) in [4.78, 5) is 18.5. The molecule has 1 aromatic carbocycles. The third-order valence-corrected chi connectivity index (χ3v) is 12.1. The molecule has 0 amide bonds. The van der Waals surface area contributed by atoms with E-state index in [9.17, 15) is 4.79 Å². The molecule has 3 heteroatoms. The summed E-state index contributed by atoms with van der Waals surface area (Å²) in [5.74, 6) is -0.167. The summed E-state index contributed by atoms with van der Waals surface area (Å²) in [5.41, 5.74) is 1.48. The molecule has 0 aliphatic heterocycles. The number of rotatable bonds is 4. The molecule has 1 aliphatic carbocycles. The van der Waals surface area contributed by atoms with Gasteiger partial charge in [-0.2, -0.15) is 0 Å². The van der Waals surface area contributed by atoms with E-state index in [4.69, 9.17) is 4.74 Å². The van der Waals surface area contributed by atoms with Crippen LogP contribution in [0, 0.1) is 0 Å². The van der Waals surface area contributed by atoms with Gasteiger partial charge in [0.1, 0.15) is 0 Å². The summed E-state index contributed by atoms with van der Waals surface area (Å²) in [7, 11) is 0. The maximum absolute atomic E-state index is 11.1. The summed E-state index contributed by atoms with van der Waals surface area (Å²) < 4.78 is 6.13. The average Bonchev–Trinajstić information content (AvgIpc) is 3.04. The SMILES string of the molecule is CC(=O)OC[C@]1(c2ccccc2)C[C@@H]1[Sn]([CH3])([CH3])[CH3]. The third-order valence-electron chi connectivity index (χ3n) is 4.00. The van der Waals surface area contributed by atoms with Gasteiger partial charge in [0.2, 0.25) is 0 Å². The Morgan fingerprint density at radius 2 is 1.94 bits per heavy atom. The van der Waals surface area contributed by atoms with Crippen molar-refractivity contribution in [1.82, 2.24) is 0 Å². The fourth-order valence-electron chi connectivity index (χ4n) is 3.00. The van der Waals surface area contributed by atoms with Crippen LogP contribution in [-0.2, 0) is 14.9 Å². The predicted octanol–water partition coefficient (Wildman–Crippen LogP) is 3.60. The van der Waals surface area contributed by atoms with E-state index in [2.05, 4.69) is 39.1 Å². The van der Waals surface area contributed by atoms with Crippen molar-refractivity contribution >= 4 is 24.3 Å². The molecule has 1 aliphatic rings. The second-order valence-electron chi connectivity index (χ2n) is 6.43. The molecular weight excluding hydrogens is 331 g/mol. The van der Waals surface area contributed by atoms with Crippen LogP contribution < -0.4 is 0 Å². The van der Waals surface area contributed by atoms with Crippen molar-refractivity contribution in [3.63, 3.8) is 0 Å². The van der Waals surface area contributed by atoms with Crippen molar-refractivity contribution in [2.24, 2.45) is 0 Å². The molecule has 0 radical (unpaired) electrons. The zero-order chi connectivity index (χ0) is 13.4. The fraction of sp³-hybridized carbons (Fsp3) is 0.533. The molecule has 0 heterocycles. The van der Waals surface area contributed by atoms with Crippen LogP contribution in [0.15, 0.2) is 30.3 Å². The maximum atomic E-state index is 11.1. The zero-order valence-corrected chi connectivity index (χ0v) is 14.5. The molecule has 2 atom stereocenters. The molecule has 2 rings (SSSR count). The molecule has 0 N–H and O–H groups in total. The van der Waals surface area contributed by atoms with Crippen LogP contribution in [0.2, 0.25) is 18.8 Å². The normalized spacial score (nSPS) is 26.8. The van der Waals surface area contributed by atoms with Gasteiger partial charge in [0.15, 0.2) is 0 Å². The number of ether oxygens (including phenoxy) is 1. The third kappa shape index (κ3) is 2.73. The Morgan fingerprint density at radius 3 is 2.39 bits per heavy atom. The molecule has 0 spiro atoms. The predicted molar refractivity (Wildman–Crippen MR) is 76.5 cm³/mol. The van der Waals surface area contributed by atoms with E-state index in [-0.39, 0.29) is 11.4 Å². The first-order valence-electron chi connectivity index (χ1n) is 6.55. The van der Waals surface area contributed by atoms with Gasteiger partial charge in [0.05, 0.1) is 0 Å². The molecule has 0 unspecified atom stereocenters. The van der Waals surface area contributed by atoms with Gasteiger partial charge in [0, 0.05) is 0 Å². The topological polar surface area (TPSA) is 26.3 Å². The van der Waals surface area contributed by atoms with Gasteiger partial charge in [-0.1, -0.05) is 0 Å². The first-order valence-corrected chi connectivity index (χ1v) is 16.8. The van der Waals surface area contributed by atoms with E-state index in [1.807, 2.05) is 6.07 Å². The Morgan fingerprint density at radius 1 is 1.33 bits per heavy atom. The van der Waals surface area contributed by atoms with Gasteiger partial charge in [-0.05, 0) is 0 Å². The van der Waals surface area contributed by atoms with Crippen LogP contribution in [-0.4, -0.2) is 31.0 Å². The zero-order valence-electron chi connectivity index (χ0n) is 11.7. The second kappa shape index (κ2) is 4.87. The average molecular weight is 353 g/mol. The number of benzene rings is 1. The van der Waals surface area contributed by atoms with Crippen molar-refractivity contribution in [1.29, 1.82) is 0 Å². The van der Waals surface area contributed by atoms with E-state index in [0.29, 0.717) is 6.61 Å². The Balaban J connectivity index is 2.24. The number of esters is 1. The van der Waals surface area contributed by atoms with Gasteiger partial charge in [-0.25, -0.2) is 0 Å². The first kappa shape index (κ1) is 13.9. The van der Waals surface area contributed by atoms with Crippen LogP contribution in [0.1, 0.15) is 18.9 Å². The molecule has 0 aromatic heterocycles. The van der Waals surface area contributed by atoms with E-state index >= 15 is 0 Å². The van der Waals surface area contributed by atoms with Crippen molar-refractivity contribution in [2.75, 3.05) is 6.61 Å². The molecule has 1 fully saturated rings. The molecule has 18 heavy (non-hydrogen) atoms. The Labute approximate surface area is 114 Å². The second-order valence-corrected chi connectivity index (χ2v) is 21.9. The first-order chi connectivity index (χ1) is 8.36. The summed E-state index contributed by atoms with van der Waals surface area (Å²) in [6.45, 7) is 2.06. The number of carbonyl (C=O) groups excluding carboxylic acids is 1. The molecular formula is C15H22O2Sn. The molecule has 1 saturated carbocycles. The number of hydrogen-bond acceptors (Lipinski definition) is 2. The Hall–Kier alpha value is -0.511. The van der Waals surface area contributed by atoms with Gasteiger partial charge in [-0.15, -0.1) is 0 Å². The van der Waals surface area contributed by atoms with Gasteiger partial charge >= 0.3 is 114 Å². The van der Waals surface area contributed by atoms with Crippen molar-refractivity contribution < 1.29 is 9.53 Å². The number of carbonyl (C=O) groups is 1. The van der Waals surface area contributed by atoms with Crippen molar-refractivity contribution in [3.05, 3.63) is 35.9 Å². The van der Waals surface area contributed by atoms with Gasteiger partial charge in [-0.3, -0.25) is 0 Å². The molecule has 0 saturated heterocycles. The summed E-state index contributed by atoms with van der Waals surface area (Å²) in [5, 5.41) is 0. The van der Waals surface area contributed by atoms with Crippen LogP contribution in [0.3, 0.4) is 0 Å². The van der Waals surface area contributed by atoms with Crippen molar-refractivity contribution in [3.8, 4) is 0 Å². The van der Waals surface area contributed by atoms with Crippen molar-refractivity contribution in [2.45, 2.75) is 37.5 Å². The molecule has 1 aromatic rings. The number of hydrogen-bond donors (Lipinski definition) is 0. The fourth-order valence-corrected chi connectivity index (χ4v) is 11.2. The standard InChI is InChI=1S/C12H13O2.3CH3.Sn/c1-10(13)14-9-12(7-8-12)11-5-3-2-4-6-11;;;;/h2-7H,8-9H2,1H3;3*1H3;/t12-;;;;/m1..../s1. The van der Waals surface area contributed by atoms with E-state index < -0.39 is 18.4 Å². The summed E-state index contributed by atoms with van der Waals surface area (Å²) in [6, 6.07) is 10.6. The Kier molecular flexibility index (Phi) is 3.77. The van der Waals surface area contributed by atoms with Gasteiger partial charge in [0.25, 0.3) is 0 Å². The van der Waals surface area contributed by atoms with Crippen LogP contribution in [0.25, 0.3) is 0 Å². The monoisotopic (exact) mass is 354 g/mol. The minimum absolute atomic E-state index is 0.126. The van der Waals surface area contributed by atoms with E-state index in [1.165, 1.54) is 18.9 Å². The van der Waals surface area contributed by atoms with E-state index in [0.717, 1.165) is 3.93 Å². The van der Waals surface area contributed by atoms with E-state index in [1.54, 1.807) is 0 Å². The van der Waals surface area contributed by atoms with Crippen LogP contribution in [0.4, 0.5) is 0 Å². The quantitative estimate of drug-likeness (QED) is 0.611. The van der Waals surface area contributed by atoms with Crippen LogP contribution in [0.5, 0.6) is 0 Å². The summed E-state index contributed by atoms with van der Waals surface area (Å²) >= 11 is -1.95.